The fourth-order valence-corrected chi connectivity index (χ4v) is 1.88. The second kappa shape index (κ2) is 5.01. The largest absolute Gasteiger partial charge is 0.387 e. The van der Waals surface area contributed by atoms with Crippen LogP contribution in [0, 0.1) is 5.41 Å². The predicted octanol–water partition coefficient (Wildman–Crippen LogP) is 0.398. The number of hydrogen-bond donors (Lipinski definition) is 3. The van der Waals surface area contributed by atoms with E-state index in [0.29, 0.717) is 11.7 Å². The van der Waals surface area contributed by atoms with Gasteiger partial charge in [0.25, 0.3) is 0 Å². The highest BCUT2D eigenvalue weighted by Crippen LogP contribution is 2.19. The molecular formula is C8H15N5OS. The highest BCUT2D eigenvalue weighted by molar-refractivity contribution is 8.00. The summed E-state index contributed by atoms with van der Waals surface area (Å²) < 4.78 is 1.56. The van der Waals surface area contributed by atoms with Gasteiger partial charge in [-0.15, -0.1) is 5.10 Å². The number of H-pyrrole nitrogens is 1. The molecule has 1 rings (SSSR count). The van der Waals surface area contributed by atoms with E-state index >= 15 is 0 Å². The van der Waals surface area contributed by atoms with Gasteiger partial charge in [-0.05, 0) is 13.3 Å². The van der Waals surface area contributed by atoms with E-state index in [1.54, 1.807) is 4.57 Å². The van der Waals surface area contributed by atoms with Crippen LogP contribution in [0.1, 0.15) is 20.3 Å². The first kappa shape index (κ1) is 11.8. The Kier molecular flexibility index (Phi) is 3.96. The van der Waals surface area contributed by atoms with Crippen molar-refractivity contribution in [3.63, 3.8) is 0 Å². The molecule has 0 aliphatic rings. The minimum Gasteiger partial charge on any atom is -0.387 e. The molecule has 15 heavy (non-hydrogen) atoms. The molecule has 0 aliphatic carbocycles. The monoisotopic (exact) mass is 229 g/mol. The van der Waals surface area contributed by atoms with Gasteiger partial charge in [0.15, 0.2) is 5.16 Å². The Hall–Kier alpha value is -1.24. The third-order valence-corrected chi connectivity index (χ3v) is 3.02. The molecule has 0 fully saturated rings. The van der Waals surface area contributed by atoms with E-state index < -0.39 is 0 Å². The van der Waals surface area contributed by atoms with Gasteiger partial charge < -0.3 is 5.73 Å². The number of rotatable bonds is 5. The van der Waals surface area contributed by atoms with E-state index in [1.165, 1.54) is 11.8 Å². The Morgan fingerprint density at radius 3 is 3.00 bits per heavy atom. The van der Waals surface area contributed by atoms with Crippen molar-refractivity contribution < 1.29 is 0 Å². The summed E-state index contributed by atoms with van der Waals surface area (Å²) in [6, 6.07) is 0. The quantitative estimate of drug-likeness (QED) is 0.386. The van der Waals surface area contributed by atoms with Crippen molar-refractivity contribution in [1.82, 2.24) is 14.8 Å². The van der Waals surface area contributed by atoms with E-state index in [1.807, 2.05) is 13.8 Å². The number of aromatic amines is 1. The summed E-state index contributed by atoms with van der Waals surface area (Å²) in [6.07, 6.45) is 0.863. The summed E-state index contributed by atoms with van der Waals surface area (Å²) in [7, 11) is 0. The fourth-order valence-electron chi connectivity index (χ4n) is 1.04. The number of nitrogens with zero attached hydrogens (tertiary/aromatic N) is 2. The highest BCUT2D eigenvalue weighted by Gasteiger charge is 2.13. The molecule has 7 heteroatoms. The zero-order chi connectivity index (χ0) is 11.4. The van der Waals surface area contributed by atoms with Crippen LogP contribution in [0.4, 0.5) is 0 Å². The van der Waals surface area contributed by atoms with E-state index in [9.17, 15) is 4.79 Å². The average molecular weight is 229 g/mol. The zero-order valence-corrected chi connectivity index (χ0v) is 9.60. The van der Waals surface area contributed by atoms with Gasteiger partial charge in [0.05, 0.1) is 5.25 Å². The number of amidine groups is 1. The Morgan fingerprint density at radius 2 is 2.47 bits per heavy atom. The van der Waals surface area contributed by atoms with Gasteiger partial charge >= 0.3 is 5.69 Å². The molecule has 0 saturated carbocycles. The van der Waals surface area contributed by atoms with E-state index in [2.05, 4.69) is 10.2 Å². The molecule has 1 atom stereocenters. The molecule has 1 aromatic rings. The molecule has 0 aliphatic heterocycles. The molecule has 0 amide bonds. The summed E-state index contributed by atoms with van der Waals surface area (Å²) >= 11 is 1.31. The molecule has 4 N–H and O–H groups in total. The number of nitrogens with two attached hydrogens (primary N) is 1. The lowest BCUT2D eigenvalue weighted by atomic mass is 10.4. The topological polar surface area (TPSA) is 101 Å². The highest BCUT2D eigenvalue weighted by atomic mass is 32.2. The van der Waals surface area contributed by atoms with E-state index in [0.717, 1.165) is 6.42 Å². The van der Waals surface area contributed by atoms with Gasteiger partial charge in [0, 0.05) is 6.54 Å². The van der Waals surface area contributed by atoms with Crippen molar-refractivity contribution in [2.45, 2.75) is 37.2 Å². The zero-order valence-electron chi connectivity index (χ0n) is 8.78. The van der Waals surface area contributed by atoms with Crippen molar-refractivity contribution >= 4 is 17.6 Å². The van der Waals surface area contributed by atoms with Crippen molar-refractivity contribution in [3.8, 4) is 0 Å². The van der Waals surface area contributed by atoms with Crippen LogP contribution < -0.4 is 11.4 Å². The van der Waals surface area contributed by atoms with Crippen molar-refractivity contribution in [2.24, 2.45) is 5.73 Å². The first-order chi connectivity index (χ1) is 7.06. The van der Waals surface area contributed by atoms with Crippen molar-refractivity contribution in [3.05, 3.63) is 10.5 Å². The number of aromatic nitrogens is 3. The van der Waals surface area contributed by atoms with Gasteiger partial charge in [-0.1, -0.05) is 18.7 Å². The standard InChI is InChI=1S/C8H15N5OS/c1-3-4-13-7(14)11-12-8(13)15-5(2)6(9)10/h5H,3-4H2,1-2H3,(H3,9,10)(H,11,14). The molecule has 0 spiro atoms. The molecule has 0 radical (unpaired) electrons. The maximum Gasteiger partial charge on any atom is 0.343 e. The molecule has 0 bridgehead atoms. The third-order valence-electron chi connectivity index (χ3n) is 1.89. The lowest BCUT2D eigenvalue weighted by molar-refractivity contribution is 0.603. The van der Waals surface area contributed by atoms with Gasteiger partial charge in [-0.2, -0.15) is 0 Å². The first-order valence-electron chi connectivity index (χ1n) is 4.72. The molecular weight excluding hydrogens is 214 g/mol. The summed E-state index contributed by atoms with van der Waals surface area (Å²) in [5.41, 5.74) is 5.14. The fraction of sp³-hybridized carbons (Fsp3) is 0.625. The van der Waals surface area contributed by atoms with Crippen molar-refractivity contribution in [1.29, 1.82) is 5.41 Å². The van der Waals surface area contributed by atoms with Gasteiger partial charge in [-0.3, -0.25) is 9.98 Å². The number of hydrogen-bond acceptors (Lipinski definition) is 4. The molecule has 6 nitrogen and oxygen atoms in total. The molecule has 1 heterocycles. The maximum atomic E-state index is 11.3. The smallest absolute Gasteiger partial charge is 0.343 e. The summed E-state index contributed by atoms with van der Waals surface area (Å²) in [5, 5.41) is 14.0. The summed E-state index contributed by atoms with van der Waals surface area (Å²) in [5.74, 6) is 0.0819. The van der Waals surface area contributed by atoms with Crippen LogP contribution in [-0.4, -0.2) is 25.9 Å². The third kappa shape index (κ3) is 2.85. The van der Waals surface area contributed by atoms with E-state index in [-0.39, 0.29) is 16.8 Å². The Bertz CT molecular complexity index is 396. The van der Waals surface area contributed by atoms with Crippen LogP contribution in [0.3, 0.4) is 0 Å². The van der Waals surface area contributed by atoms with Gasteiger partial charge in [-0.25, -0.2) is 9.89 Å². The average Bonchev–Trinajstić information content (AvgIpc) is 2.50. The van der Waals surface area contributed by atoms with Crippen LogP contribution in [-0.2, 0) is 6.54 Å². The summed E-state index contributed by atoms with van der Waals surface area (Å²) in [6.45, 7) is 4.42. The van der Waals surface area contributed by atoms with E-state index in [4.69, 9.17) is 11.1 Å². The lowest BCUT2D eigenvalue weighted by Crippen LogP contribution is -2.23. The second-order valence-electron chi connectivity index (χ2n) is 3.18. The molecule has 0 saturated heterocycles. The lowest BCUT2D eigenvalue weighted by Gasteiger charge is -2.08. The molecule has 1 aromatic heterocycles. The van der Waals surface area contributed by atoms with Crippen LogP contribution in [0.2, 0.25) is 0 Å². The number of thioether (sulfide) groups is 1. The molecule has 84 valence electrons. The minimum absolute atomic E-state index is 0.0819. The minimum atomic E-state index is -0.213. The Labute approximate surface area is 91.8 Å². The normalized spacial score (nSPS) is 12.7. The summed E-state index contributed by atoms with van der Waals surface area (Å²) in [4.78, 5) is 11.3. The molecule has 0 aromatic carbocycles. The Balaban J connectivity index is 2.85. The number of nitrogens with one attached hydrogen (secondary N) is 2. The SMILES string of the molecule is CCCn1c(SC(C)C(=N)N)n[nH]c1=O. The Morgan fingerprint density at radius 1 is 1.80 bits per heavy atom. The van der Waals surface area contributed by atoms with Crippen LogP contribution in [0.25, 0.3) is 0 Å². The first-order valence-corrected chi connectivity index (χ1v) is 5.60. The van der Waals surface area contributed by atoms with Crippen LogP contribution in [0.15, 0.2) is 9.95 Å². The second-order valence-corrected chi connectivity index (χ2v) is 4.49. The molecule has 1 unspecified atom stereocenters. The van der Waals surface area contributed by atoms with Crippen LogP contribution >= 0.6 is 11.8 Å². The predicted molar refractivity (Wildman–Crippen MR) is 60.4 cm³/mol. The van der Waals surface area contributed by atoms with Gasteiger partial charge in [0.1, 0.15) is 5.84 Å². The van der Waals surface area contributed by atoms with Crippen molar-refractivity contribution in [2.75, 3.05) is 0 Å². The van der Waals surface area contributed by atoms with Crippen LogP contribution in [0.5, 0.6) is 0 Å². The van der Waals surface area contributed by atoms with Gasteiger partial charge in [0.2, 0.25) is 0 Å². The maximum absolute atomic E-state index is 11.3.